The Balaban J connectivity index is 3.53. The molecule has 0 atom stereocenters. The molecule has 0 aromatic rings. The van der Waals surface area contributed by atoms with E-state index < -0.39 is 9.84 Å². The van der Waals surface area contributed by atoms with Crippen LogP contribution in [0.15, 0.2) is 0 Å². The van der Waals surface area contributed by atoms with Crippen LogP contribution in [0.1, 0.15) is 47.0 Å². The first kappa shape index (κ1) is 16.9. The van der Waals surface area contributed by atoms with E-state index in [0.717, 1.165) is 32.4 Å². The molecule has 3 nitrogen and oxygen atoms in total. The van der Waals surface area contributed by atoms with Gasteiger partial charge in [-0.1, -0.05) is 27.7 Å². The number of rotatable bonds is 10. The number of hydrogen-bond donors (Lipinski definition) is 1. The fourth-order valence-corrected chi connectivity index (χ4v) is 3.16. The second kappa shape index (κ2) is 8.92. The first-order chi connectivity index (χ1) is 7.83. The number of nitrogens with one attached hydrogen (secondary N) is 1. The Morgan fingerprint density at radius 3 is 2.12 bits per heavy atom. The summed E-state index contributed by atoms with van der Waals surface area (Å²) in [5.41, 5.74) is 0. The molecule has 0 fully saturated rings. The predicted octanol–water partition coefficient (Wildman–Crippen LogP) is 2.47. The van der Waals surface area contributed by atoms with Gasteiger partial charge in [-0.25, -0.2) is 8.42 Å². The van der Waals surface area contributed by atoms with Crippen LogP contribution in [0.4, 0.5) is 0 Å². The van der Waals surface area contributed by atoms with Crippen molar-refractivity contribution in [3.63, 3.8) is 0 Å². The molecule has 0 aliphatic heterocycles. The Labute approximate surface area is 107 Å². The second-order valence-electron chi connectivity index (χ2n) is 5.64. The predicted molar refractivity (Wildman–Crippen MR) is 75.1 cm³/mol. The van der Waals surface area contributed by atoms with Crippen molar-refractivity contribution in [1.82, 2.24) is 5.32 Å². The second-order valence-corrected chi connectivity index (χ2v) is 7.94. The molecule has 0 heterocycles. The van der Waals surface area contributed by atoms with Crippen LogP contribution >= 0.6 is 0 Å². The quantitative estimate of drug-likeness (QED) is 0.616. The minimum atomic E-state index is -2.81. The topological polar surface area (TPSA) is 46.2 Å². The molecule has 0 aromatic carbocycles. The number of hydrogen-bond acceptors (Lipinski definition) is 3. The highest BCUT2D eigenvalue weighted by Crippen LogP contribution is 2.05. The Kier molecular flexibility index (Phi) is 8.88. The van der Waals surface area contributed by atoms with Crippen molar-refractivity contribution in [2.45, 2.75) is 47.0 Å². The Bertz CT molecular complexity index is 271. The normalized spacial score (nSPS) is 12.6. The van der Waals surface area contributed by atoms with Gasteiger partial charge in [0.1, 0.15) is 9.84 Å². The summed E-state index contributed by atoms with van der Waals surface area (Å²) in [6.45, 7) is 10.4. The molecule has 0 aliphatic rings. The highest BCUT2D eigenvalue weighted by Gasteiger charge is 2.10. The van der Waals surface area contributed by atoms with Crippen LogP contribution in [-0.2, 0) is 9.84 Å². The summed E-state index contributed by atoms with van der Waals surface area (Å²) in [6, 6.07) is 0. The molecular formula is C13H29NO2S. The minimum absolute atomic E-state index is 0.350. The fourth-order valence-electron chi connectivity index (χ4n) is 1.48. The molecule has 0 rings (SSSR count). The third-order valence-corrected chi connectivity index (χ3v) is 4.39. The van der Waals surface area contributed by atoms with Crippen LogP contribution in [-0.4, -0.2) is 33.0 Å². The van der Waals surface area contributed by atoms with E-state index in [2.05, 4.69) is 33.0 Å². The lowest BCUT2D eigenvalue weighted by atomic mass is 10.2. The van der Waals surface area contributed by atoms with Crippen molar-refractivity contribution in [3.8, 4) is 0 Å². The van der Waals surface area contributed by atoms with E-state index in [-0.39, 0.29) is 0 Å². The highest BCUT2D eigenvalue weighted by atomic mass is 32.2. The molecule has 0 unspecified atom stereocenters. The summed E-state index contributed by atoms with van der Waals surface area (Å²) in [5.74, 6) is 1.83. The van der Waals surface area contributed by atoms with E-state index in [0.29, 0.717) is 23.3 Å². The molecule has 0 aliphatic carbocycles. The summed E-state index contributed by atoms with van der Waals surface area (Å²) in [6.07, 6.45) is 2.52. The monoisotopic (exact) mass is 263 g/mol. The molecule has 0 saturated carbocycles. The van der Waals surface area contributed by atoms with Gasteiger partial charge in [-0.3, -0.25) is 0 Å². The molecule has 0 bridgehead atoms. The van der Waals surface area contributed by atoms with Gasteiger partial charge in [0.15, 0.2) is 0 Å². The van der Waals surface area contributed by atoms with E-state index in [1.165, 1.54) is 0 Å². The van der Waals surface area contributed by atoms with Crippen molar-refractivity contribution in [3.05, 3.63) is 0 Å². The average Bonchev–Trinajstić information content (AvgIpc) is 2.20. The van der Waals surface area contributed by atoms with Crippen LogP contribution < -0.4 is 5.32 Å². The van der Waals surface area contributed by atoms with E-state index >= 15 is 0 Å². The van der Waals surface area contributed by atoms with E-state index in [1.54, 1.807) is 0 Å². The number of sulfone groups is 1. The minimum Gasteiger partial charge on any atom is -0.316 e. The van der Waals surface area contributed by atoms with Gasteiger partial charge in [0.05, 0.1) is 11.5 Å². The largest absolute Gasteiger partial charge is 0.316 e. The van der Waals surface area contributed by atoms with Gasteiger partial charge >= 0.3 is 0 Å². The van der Waals surface area contributed by atoms with Crippen molar-refractivity contribution >= 4 is 9.84 Å². The molecule has 0 spiro atoms. The average molecular weight is 263 g/mol. The first-order valence-electron chi connectivity index (χ1n) is 6.74. The van der Waals surface area contributed by atoms with Crippen LogP contribution in [0.3, 0.4) is 0 Å². The summed E-state index contributed by atoms with van der Waals surface area (Å²) in [5, 5.41) is 3.33. The maximum Gasteiger partial charge on any atom is 0.150 e. The van der Waals surface area contributed by atoms with Crippen molar-refractivity contribution < 1.29 is 8.42 Å². The molecule has 0 saturated heterocycles. The standard InChI is InChI=1S/C13H29NO2S/c1-12(2)7-10-17(15,16)9-6-5-8-14-11-13(3)4/h12-14H,5-11H2,1-4H3. The molecule has 0 radical (unpaired) electrons. The lowest BCUT2D eigenvalue weighted by Crippen LogP contribution is -2.21. The zero-order valence-corrected chi connectivity index (χ0v) is 12.6. The SMILES string of the molecule is CC(C)CCS(=O)(=O)CCCCNCC(C)C. The van der Waals surface area contributed by atoms with Gasteiger partial charge in [0.2, 0.25) is 0 Å². The van der Waals surface area contributed by atoms with Crippen LogP contribution in [0.5, 0.6) is 0 Å². The summed E-state index contributed by atoms with van der Waals surface area (Å²) in [4.78, 5) is 0. The van der Waals surface area contributed by atoms with Crippen LogP contribution in [0.25, 0.3) is 0 Å². The fraction of sp³-hybridized carbons (Fsp3) is 1.00. The zero-order valence-electron chi connectivity index (χ0n) is 11.8. The van der Waals surface area contributed by atoms with Gasteiger partial charge in [-0.15, -0.1) is 0 Å². The number of unbranched alkanes of at least 4 members (excludes halogenated alkanes) is 1. The van der Waals surface area contributed by atoms with Gasteiger partial charge in [-0.2, -0.15) is 0 Å². The lowest BCUT2D eigenvalue weighted by molar-refractivity contribution is 0.537. The Morgan fingerprint density at radius 1 is 0.941 bits per heavy atom. The maximum atomic E-state index is 11.7. The summed E-state index contributed by atoms with van der Waals surface area (Å²) in [7, 11) is -2.81. The van der Waals surface area contributed by atoms with Gasteiger partial charge < -0.3 is 5.32 Å². The van der Waals surface area contributed by atoms with Gasteiger partial charge in [0, 0.05) is 0 Å². The Morgan fingerprint density at radius 2 is 1.59 bits per heavy atom. The first-order valence-corrected chi connectivity index (χ1v) is 8.57. The molecule has 104 valence electrons. The molecule has 0 amide bonds. The van der Waals surface area contributed by atoms with Crippen molar-refractivity contribution in [1.29, 1.82) is 0 Å². The third kappa shape index (κ3) is 12.2. The maximum absolute atomic E-state index is 11.7. The lowest BCUT2D eigenvalue weighted by Gasteiger charge is -2.08. The van der Waals surface area contributed by atoms with Crippen molar-refractivity contribution in [2.24, 2.45) is 11.8 Å². The molecule has 17 heavy (non-hydrogen) atoms. The van der Waals surface area contributed by atoms with E-state index in [9.17, 15) is 8.42 Å². The van der Waals surface area contributed by atoms with Crippen LogP contribution in [0, 0.1) is 11.8 Å². The summed E-state index contributed by atoms with van der Waals surface area (Å²) < 4.78 is 23.3. The molecule has 1 N–H and O–H groups in total. The summed E-state index contributed by atoms with van der Waals surface area (Å²) >= 11 is 0. The van der Waals surface area contributed by atoms with Gasteiger partial charge in [-0.05, 0) is 44.2 Å². The van der Waals surface area contributed by atoms with Crippen LogP contribution in [0.2, 0.25) is 0 Å². The smallest absolute Gasteiger partial charge is 0.150 e. The molecule has 0 aromatic heterocycles. The molecule has 4 heteroatoms. The van der Waals surface area contributed by atoms with E-state index in [4.69, 9.17) is 0 Å². The van der Waals surface area contributed by atoms with Gasteiger partial charge in [0.25, 0.3) is 0 Å². The zero-order chi connectivity index (χ0) is 13.3. The van der Waals surface area contributed by atoms with Crippen molar-refractivity contribution in [2.75, 3.05) is 24.6 Å². The highest BCUT2D eigenvalue weighted by molar-refractivity contribution is 7.91. The van der Waals surface area contributed by atoms with E-state index in [1.807, 2.05) is 0 Å². The third-order valence-electron chi connectivity index (χ3n) is 2.62. The Hall–Kier alpha value is -0.0900. The molecular weight excluding hydrogens is 234 g/mol.